The molecular formula is C24H42N2O. The summed E-state index contributed by atoms with van der Waals surface area (Å²) in [7, 11) is 4.54. The maximum Gasteiger partial charge on any atom is 0.207 e. The lowest BCUT2D eigenvalue weighted by atomic mass is 9.44. The first kappa shape index (κ1) is 19.7. The van der Waals surface area contributed by atoms with Gasteiger partial charge in [-0.25, -0.2) is 0 Å². The fourth-order valence-corrected chi connectivity index (χ4v) is 8.70. The van der Waals surface area contributed by atoms with Crippen LogP contribution < -0.4 is 5.32 Å². The van der Waals surface area contributed by atoms with Gasteiger partial charge in [0.05, 0.1) is 0 Å². The molecule has 9 atom stereocenters. The second-order valence-corrected chi connectivity index (χ2v) is 11.3. The molecule has 3 nitrogen and oxygen atoms in total. The van der Waals surface area contributed by atoms with Gasteiger partial charge in [0.1, 0.15) is 0 Å². The normalized spacial score (nSPS) is 50.4. The van der Waals surface area contributed by atoms with Crippen LogP contribution in [0.25, 0.3) is 0 Å². The molecule has 0 saturated heterocycles. The third-order valence-electron chi connectivity index (χ3n) is 10.4. The van der Waals surface area contributed by atoms with E-state index in [4.69, 9.17) is 0 Å². The van der Waals surface area contributed by atoms with E-state index in [0.29, 0.717) is 22.9 Å². The highest BCUT2D eigenvalue weighted by Crippen LogP contribution is 2.67. The predicted molar refractivity (Wildman–Crippen MR) is 111 cm³/mol. The predicted octanol–water partition coefficient (Wildman–Crippen LogP) is 4.71. The van der Waals surface area contributed by atoms with Gasteiger partial charge in [0.15, 0.2) is 0 Å². The van der Waals surface area contributed by atoms with Crippen molar-refractivity contribution in [3.8, 4) is 0 Å². The van der Waals surface area contributed by atoms with Crippen LogP contribution in [0.15, 0.2) is 0 Å². The smallest absolute Gasteiger partial charge is 0.207 e. The number of hydrogen-bond donors (Lipinski definition) is 1. The molecule has 0 aliphatic heterocycles. The maximum atomic E-state index is 10.9. The number of hydrogen-bond acceptors (Lipinski definition) is 2. The number of carbonyl (C=O) groups excluding carboxylic acids is 1. The number of carbonyl (C=O) groups is 1. The van der Waals surface area contributed by atoms with Crippen LogP contribution in [-0.4, -0.2) is 37.5 Å². The van der Waals surface area contributed by atoms with Gasteiger partial charge in [-0.15, -0.1) is 0 Å². The summed E-state index contributed by atoms with van der Waals surface area (Å²) in [4.78, 5) is 13.4. The Morgan fingerprint density at radius 3 is 2.37 bits per heavy atom. The van der Waals surface area contributed by atoms with E-state index in [2.05, 4.69) is 45.1 Å². The topological polar surface area (TPSA) is 32.3 Å². The van der Waals surface area contributed by atoms with Crippen molar-refractivity contribution in [2.45, 2.75) is 90.6 Å². The summed E-state index contributed by atoms with van der Waals surface area (Å²) in [5.74, 6) is 4.54. The summed E-state index contributed by atoms with van der Waals surface area (Å²) in [5, 5.41) is 3.09. The van der Waals surface area contributed by atoms with Crippen molar-refractivity contribution in [1.29, 1.82) is 0 Å². The van der Waals surface area contributed by atoms with E-state index < -0.39 is 0 Å². The summed E-state index contributed by atoms with van der Waals surface area (Å²) >= 11 is 0. The molecule has 4 aliphatic carbocycles. The molecule has 154 valence electrons. The van der Waals surface area contributed by atoms with Crippen molar-refractivity contribution in [2.75, 3.05) is 14.1 Å². The van der Waals surface area contributed by atoms with Gasteiger partial charge in [-0.05, 0) is 119 Å². The summed E-state index contributed by atoms with van der Waals surface area (Å²) in [6.45, 7) is 7.75. The third kappa shape index (κ3) is 2.98. The molecule has 1 N–H and O–H groups in total. The summed E-state index contributed by atoms with van der Waals surface area (Å²) in [6, 6.07) is 1.14. The lowest BCUT2D eigenvalue weighted by Gasteiger charge is -2.61. The average Bonchev–Trinajstić information content (AvgIpc) is 2.98. The number of amides is 1. The lowest BCUT2D eigenvalue weighted by Crippen LogP contribution is -2.55. The largest absolute Gasteiger partial charge is 0.356 e. The Hall–Kier alpha value is -0.570. The molecule has 0 bridgehead atoms. The van der Waals surface area contributed by atoms with E-state index in [-0.39, 0.29) is 0 Å². The van der Waals surface area contributed by atoms with Crippen molar-refractivity contribution < 1.29 is 4.79 Å². The van der Waals surface area contributed by atoms with Gasteiger partial charge < -0.3 is 10.2 Å². The highest BCUT2D eigenvalue weighted by atomic mass is 16.1. The van der Waals surface area contributed by atoms with Crippen molar-refractivity contribution in [2.24, 2.45) is 40.4 Å². The van der Waals surface area contributed by atoms with Crippen LogP contribution in [0.2, 0.25) is 0 Å². The van der Waals surface area contributed by atoms with E-state index in [1.165, 1.54) is 57.8 Å². The maximum absolute atomic E-state index is 10.9. The van der Waals surface area contributed by atoms with Crippen molar-refractivity contribution >= 4 is 6.41 Å². The molecule has 0 spiro atoms. The minimum atomic E-state index is 0.433. The van der Waals surface area contributed by atoms with Gasteiger partial charge in [-0.1, -0.05) is 13.8 Å². The van der Waals surface area contributed by atoms with Gasteiger partial charge >= 0.3 is 0 Å². The van der Waals surface area contributed by atoms with Crippen molar-refractivity contribution in [3.05, 3.63) is 0 Å². The van der Waals surface area contributed by atoms with Gasteiger partial charge in [0, 0.05) is 12.1 Å². The number of nitrogens with one attached hydrogen (secondary N) is 1. The summed E-state index contributed by atoms with van der Waals surface area (Å²) in [5.41, 5.74) is 1.08. The average molecular weight is 375 g/mol. The number of rotatable bonds is 4. The minimum Gasteiger partial charge on any atom is -0.356 e. The van der Waals surface area contributed by atoms with Gasteiger partial charge in [0.2, 0.25) is 6.41 Å². The van der Waals surface area contributed by atoms with Crippen LogP contribution in [-0.2, 0) is 4.79 Å². The molecule has 0 unspecified atom stereocenters. The Kier molecular flexibility index (Phi) is 5.15. The fraction of sp³-hybridized carbons (Fsp3) is 0.958. The first-order valence-electron chi connectivity index (χ1n) is 11.7. The Morgan fingerprint density at radius 1 is 0.963 bits per heavy atom. The number of nitrogens with zero attached hydrogens (tertiary/aromatic N) is 1. The molecule has 1 amide bonds. The van der Waals surface area contributed by atoms with Crippen molar-refractivity contribution in [3.63, 3.8) is 0 Å². The van der Waals surface area contributed by atoms with Crippen LogP contribution in [0.3, 0.4) is 0 Å². The van der Waals surface area contributed by atoms with E-state index in [1.54, 1.807) is 0 Å². The fourth-order valence-electron chi connectivity index (χ4n) is 8.70. The SMILES string of the molecule is C[C@@H]([C@H]1CC[C@H]2[C@@H]3CC[C@H]4C[C@@H](NC=O)CC[C@]4(C)[C@@H]3CC[C@]12C)N(C)C. The first-order valence-corrected chi connectivity index (χ1v) is 11.7. The summed E-state index contributed by atoms with van der Waals surface area (Å²) in [6.07, 6.45) is 13.3. The van der Waals surface area contributed by atoms with Gasteiger partial charge in [-0.2, -0.15) is 0 Å². The molecule has 4 rings (SSSR count). The highest BCUT2D eigenvalue weighted by Gasteiger charge is 2.60. The Morgan fingerprint density at radius 2 is 1.67 bits per heavy atom. The van der Waals surface area contributed by atoms with Crippen LogP contribution in [0.5, 0.6) is 0 Å². The van der Waals surface area contributed by atoms with Gasteiger partial charge in [-0.3, -0.25) is 4.79 Å². The van der Waals surface area contributed by atoms with Gasteiger partial charge in [0.25, 0.3) is 0 Å². The molecule has 0 aromatic heterocycles. The molecule has 4 saturated carbocycles. The van der Waals surface area contributed by atoms with Crippen LogP contribution in [0, 0.1) is 40.4 Å². The van der Waals surface area contributed by atoms with E-state index in [1.807, 2.05) is 0 Å². The Balaban J connectivity index is 1.54. The van der Waals surface area contributed by atoms with E-state index >= 15 is 0 Å². The zero-order chi connectivity index (χ0) is 19.4. The Bertz CT molecular complexity index is 563. The van der Waals surface area contributed by atoms with Crippen molar-refractivity contribution in [1.82, 2.24) is 10.2 Å². The first-order chi connectivity index (χ1) is 12.8. The zero-order valence-corrected chi connectivity index (χ0v) is 18.3. The highest BCUT2D eigenvalue weighted by molar-refractivity contribution is 5.46. The third-order valence-corrected chi connectivity index (χ3v) is 10.4. The molecule has 0 aromatic carbocycles. The van der Waals surface area contributed by atoms with Crippen LogP contribution in [0.4, 0.5) is 0 Å². The Labute approximate surface area is 167 Å². The molecule has 3 heteroatoms. The summed E-state index contributed by atoms with van der Waals surface area (Å²) < 4.78 is 0. The molecule has 27 heavy (non-hydrogen) atoms. The quantitative estimate of drug-likeness (QED) is 0.723. The standard InChI is InChI=1S/C24H42N2O/c1-16(26(4)5)20-8-9-21-19-7-6-17-14-18(25-15-27)10-12-23(17,2)22(19)11-13-24(20,21)3/h15-22H,6-14H2,1-5H3,(H,25,27)/t16-,17-,18-,19-,20+,21-,22+,23-,24+/m0/s1. The molecule has 0 aromatic rings. The molecule has 0 heterocycles. The number of fused-ring (bicyclic) bond motifs is 5. The molecule has 4 fully saturated rings. The van der Waals surface area contributed by atoms with Crippen LogP contribution >= 0.6 is 0 Å². The second-order valence-electron chi connectivity index (χ2n) is 11.3. The molecular weight excluding hydrogens is 332 g/mol. The van der Waals surface area contributed by atoms with Crippen LogP contribution in [0.1, 0.15) is 78.6 Å². The second kappa shape index (κ2) is 7.04. The van der Waals surface area contributed by atoms with E-state index in [9.17, 15) is 4.79 Å². The molecule has 4 aliphatic rings. The monoisotopic (exact) mass is 374 g/mol. The lowest BCUT2D eigenvalue weighted by molar-refractivity contribution is -0.122. The molecule has 0 radical (unpaired) electrons. The minimum absolute atomic E-state index is 0.433. The zero-order valence-electron chi connectivity index (χ0n) is 18.3. The van der Waals surface area contributed by atoms with E-state index in [0.717, 1.165) is 36.0 Å².